The molecule has 2 aromatic rings. The number of hydrogen-bond donors (Lipinski definition) is 1. The van der Waals surface area contributed by atoms with Gasteiger partial charge in [-0.1, -0.05) is 55.8 Å². The molecule has 0 bridgehead atoms. The third-order valence-electron chi connectivity index (χ3n) is 3.36. The van der Waals surface area contributed by atoms with Crippen LogP contribution in [-0.2, 0) is 23.0 Å². The number of sulfonamides is 1. The SMILES string of the molecule is CCCCc1ccc(S(=O)(=O)NCc2ccccc2)cc1. The van der Waals surface area contributed by atoms with Gasteiger partial charge >= 0.3 is 0 Å². The molecule has 0 radical (unpaired) electrons. The van der Waals surface area contributed by atoms with Gasteiger partial charge in [0.15, 0.2) is 0 Å². The van der Waals surface area contributed by atoms with E-state index in [2.05, 4.69) is 11.6 Å². The number of nitrogens with one attached hydrogen (secondary N) is 1. The fraction of sp³-hybridized carbons (Fsp3) is 0.294. The quantitative estimate of drug-likeness (QED) is 0.851. The van der Waals surface area contributed by atoms with Crippen LogP contribution in [0.1, 0.15) is 30.9 Å². The van der Waals surface area contributed by atoms with Crippen molar-refractivity contribution in [2.24, 2.45) is 0 Å². The molecular formula is C17H21NO2S. The van der Waals surface area contributed by atoms with E-state index in [-0.39, 0.29) is 0 Å². The van der Waals surface area contributed by atoms with Gasteiger partial charge in [-0.3, -0.25) is 0 Å². The maximum atomic E-state index is 12.2. The van der Waals surface area contributed by atoms with Crippen LogP contribution in [0.15, 0.2) is 59.5 Å². The van der Waals surface area contributed by atoms with Crippen molar-refractivity contribution < 1.29 is 8.42 Å². The van der Waals surface area contributed by atoms with E-state index in [1.165, 1.54) is 5.56 Å². The summed E-state index contributed by atoms with van der Waals surface area (Å²) < 4.78 is 27.1. The van der Waals surface area contributed by atoms with Crippen molar-refractivity contribution in [2.45, 2.75) is 37.6 Å². The van der Waals surface area contributed by atoms with Gasteiger partial charge in [-0.05, 0) is 36.1 Å². The lowest BCUT2D eigenvalue weighted by Crippen LogP contribution is -2.23. The van der Waals surface area contributed by atoms with Gasteiger partial charge in [-0.25, -0.2) is 13.1 Å². The van der Waals surface area contributed by atoms with E-state index in [4.69, 9.17) is 0 Å². The minimum Gasteiger partial charge on any atom is -0.207 e. The van der Waals surface area contributed by atoms with Gasteiger partial charge in [-0.15, -0.1) is 0 Å². The second-order valence-corrected chi connectivity index (χ2v) is 6.82. The zero-order chi connectivity index (χ0) is 15.1. The molecule has 3 nitrogen and oxygen atoms in total. The Labute approximate surface area is 127 Å². The van der Waals surface area contributed by atoms with Crippen molar-refractivity contribution in [3.05, 3.63) is 65.7 Å². The first-order valence-electron chi connectivity index (χ1n) is 7.24. The summed E-state index contributed by atoms with van der Waals surface area (Å²) in [7, 11) is -3.45. The third-order valence-corrected chi connectivity index (χ3v) is 4.78. The fourth-order valence-corrected chi connectivity index (χ4v) is 3.09. The van der Waals surface area contributed by atoms with Gasteiger partial charge < -0.3 is 0 Å². The van der Waals surface area contributed by atoms with Crippen LogP contribution in [-0.4, -0.2) is 8.42 Å². The smallest absolute Gasteiger partial charge is 0.207 e. The van der Waals surface area contributed by atoms with Gasteiger partial charge in [0.1, 0.15) is 0 Å². The molecule has 2 aromatic carbocycles. The summed E-state index contributed by atoms with van der Waals surface area (Å²) >= 11 is 0. The molecule has 4 heteroatoms. The summed E-state index contributed by atoms with van der Waals surface area (Å²) in [5.74, 6) is 0. The average Bonchev–Trinajstić information content (AvgIpc) is 2.52. The molecule has 112 valence electrons. The third kappa shape index (κ3) is 4.69. The average molecular weight is 303 g/mol. The first-order valence-corrected chi connectivity index (χ1v) is 8.72. The Morgan fingerprint density at radius 2 is 1.57 bits per heavy atom. The van der Waals surface area contributed by atoms with Crippen LogP contribution in [0, 0.1) is 0 Å². The zero-order valence-electron chi connectivity index (χ0n) is 12.2. The molecule has 0 atom stereocenters. The maximum Gasteiger partial charge on any atom is 0.240 e. The highest BCUT2D eigenvalue weighted by molar-refractivity contribution is 7.89. The molecule has 0 unspecified atom stereocenters. The highest BCUT2D eigenvalue weighted by Gasteiger charge is 2.13. The molecular weight excluding hydrogens is 282 g/mol. The van der Waals surface area contributed by atoms with Crippen LogP contribution in [0.2, 0.25) is 0 Å². The monoisotopic (exact) mass is 303 g/mol. The molecule has 0 aliphatic heterocycles. The molecule has 0 saturated heterocycles. The van der Waals surface area contributed by atoms with Gasteiger partial charge in [0.05, 0.1) is 4.90 Å². The summed E-state index contributed by atoms with van der Waals surface area (Å²) in [5.41, 5.74) is 2.12. The van der Waals surface area contributed by atoms with E-state index in [1.807, 2.05) is 42.5 Å². The second kappa shape index (κ2) is 7.38. The van der Waals surface area contributed by atoms with Gasteiger partial charge in [0.25, 0.3) is 0 Å². The van der Waals surface area contributed by atoms with E-state index in [9.17, 15) is 8.42 Å². The molecule has 0 fully saturated rings. The minimum absolute atomic E-state index is 0.306. The van der Waals surface area contributed by atoms with E-state index < -0.39 is 10.0 Å². The summed E-state index contributed by atoms with van der Waals surface area (Å²) in [6, 6.07) is 16.6. The van der Waals surface area contributed by atoms with Crippen LogP contribution in [0.4, 0.5) is 0 Å². The van der Waals surface area contributed by atoms with Gasteiger partial charge in [0.2, 0.25) is 10.0 Å². The molecule has 0 heterocycles. The standard InChI is InChI=1S/C17H21NO2S/c1-2-3-7-15-10-12-17(13-11-15)21(19,20)18-14-16-8-5-4-6-9-16/h4-6,8-13,18H,2-3,7,14H2,1H3. The Balaban J connectivity index is 2.02. The number of benzene rings is 2. The second-order valence-electron chi connectivity index (χ2n) is 5.06. The Morgan fingerprint density at radius 3 is 2.19 bits per heavy atom. The van der Waals surface area contributed by atoms with Crippen molar-refractivity contribution in [1.29, 1.82) is 0 Å². The molecule has 0 aromatic heterocycles. The number of unbranched alkanes of at least 4 members (excludes halogenated alkanes) is 1. The van der Waals surface area contributed by atoms with Crippen LogP contribution < -0.4 is 4.72 Å². The fourth-order valence-electron chi connectivity index (χ4n) is 2.07. The van der Waals surface area contributed by atoms with Gasteiger partial charge in [0, 0.05) is 6.54 Å². The van der Waals surface area contributed by atoms with Crippen molar-refractivity contribution in [2.75, 3.05) is 0 Å². The van der Waals surface area contributed by atoms with Gasteiger partial charge in [-0.2, -0.15) is 0 Å². The molecule has 0 saturated carbocycles. The number of rotatable bonds is 7. The van der Waals surface area contributed by atoms with E-state index in [0.717, 1.165) is 24.8 Å². The molecule has 21 heavy (non-hydrogen) atoms. The molecule has 1 N–H and O–H groups in total. The van der Waals surface area contributed by atoms with E-state index >= 15 is 0 Å². The van der Waals surface area contributed by atoms with Crippen LogP contribution >= 0.6 is 0 Å². The molecule has 0 amide bonds. The highest BCUT2D eigenvalue weighted by atomic mass is 32.2. The van der Waals surface area contributed by atoms with Crippen LogP contribution in [0.25, 0.3) is 0 Å². The van der Waals surface area contributed by atoms with Crippen LogP contribution in [0.5, 0.6) is 0 Å². The van der Waals surface area contributed by atoms with Crippen molar-refractivity contribution in [1.82, 2.24) is 4.72 Å². The largest absolute Gasteiger partial charge is 0.240 e. The van der Waals surface area contributed by atoms with Crippen molar-refractivity contribution in [3.8, 4) is 0 Å². The zero-order valence-corrected chi connectivity index (χ0v) is 13.1. The van der Waals surface area contributed by atoms with Crippen LogP contribution in [0.3, 0.4) is 0 Å². The van der Waals surface area contributed by atoms with Crippen molar-refractivity contribution >= 4 is 10.0 Å². The number of aryl methyl sites for hydroxylation is 1. The first kappa shape index (κ1) is 15.7. The van der Waals surface area contributed by atoms with Crippen molar-refractivity contribution in [3.63, 3.8) is 0 Å². The Hall–Kier alpha value is -1.65. The lowest BCUT2D eigenvalue weighted by atomic mass is 10.1. The topological polar surface area (TPSA) is 46.2 Å². The Kier molecular flexibility index (Phi) is 5.53. The highest BCUT2D eigenvalue weighted by Crippen LogP contribution is 2.13. The Bertz CT molecular complexity index is 649. The Morgan fingerprint density at radius 1 is 0.905 bits per heavy atom. The predicted molar refractivity (Wildman–Crippen MR) is 85.5 cm³/mol. The summed E-state index contributed by atoms with van der Waals surface area (Å²) in [6.07, 6.45) is 3.26. The summed E-state index contributed by atoms with van der Waals surface area (Å²) in [6.45, 7) is 2.45. The predicted octanol–water partition coefficient (Wildman–Crippen LogP) is 3.51. The lowest BCUT2D eigenvalue weighted by Gasteiger charge is -2.08. The molecule has 0 spiro atoms. The van der Waals surface area contributed by atoms with E-state index in [1.54, 1.807) is 12.1 Å². The molecule has 2 rings (SSSR count). The maximum absolute atomic E-state index is 12.2. The van der Waals surface area contributed by atoms with E-state index in [0.29, 0.717) is 11.4 Å². The lowest BCUT2D eigenvalue weighted by molar-refractivity contribution is 0.581. The molecule has 0 aliphatic rings. The number of hydrogen-bond acceptors (Lipinski definition) is 2. The summed E-state index contributed by atoms with van der Waals surface area (Å²) in [5, 5.41) is 0. The molecule has 0 aliphatic carbocycles. The minimum atomic E-state index is -3.45. The summed E-state index contributed by atoms with van der Waals surface area (Å²) in [4.78, 5) is 0.318. The normalized spacial score (nSPS) is 11.5. The first-order chi connectivity index (χ1) is 10.1.